The van der Waals surface area contributed by atoms with Crippen molar-refractivity contribution in [1.29, 1.82) is 0 Å². The predicted octanol–water partition coefficient (Wildman–Crippen LogP) is 1.63. The summed E-state index contributed by atoms with van der Waals surface area (Å²) in [7, 11) is 0. The van der Waals surface area contributed by atoms with E-state index in [1.165, 1.54) is 4.57 Å². The molecule has 0 aliphatic carbocycles. The lowest BCUT2D eigenvalue weighted by Gasteiger charge is -2.33. The second-order valence-corrected chi connectivity index (χ2v) is 4.61. The Bertz CT molecular complexity index is 469. The number of fused-ring (bicyclic) bond motifs is 1. The highest BCUT2D eigenvalue weighted by molar-refractivity contribution is 6.29. The Morgan fingerprint density at radius 3 is 2.93 bits per heavy atom. The average molecular weight is 232 g/mol. The van der Waals surface area contributed by atoms with Crippen molar-refractivity contribution in [2.45, 2.75) is 32.4 Å². The molecule has 1 N–H and O–H groups in total. The third-order valence-corrected chi connectivity index (χ3v) is 2.73. The zero-order valence-corrected chi connectivity index (χ0v) is 9.23. The summed E-state index contributed by atoms with van der Waals surface area (Å²) in [6.45, 7) is 4.43. The summed E-state index contributed by atoms with van der Waals surface area (Å²) in [6.07, 6.45) is 0.739. The zero-order valence-electron chi connectivity index (χ0n) is 8.47. The molecule has 6 heteroatoms. The van der Waals surface area contributed by atoms with Crippen molar-refractivity contribution in [1.82, 2.24) is 9.55 Å². The molecule has 1 aliphatic heterocycles. The van der Waals surface area contributed by atoms with Gasteiger partial charge >= 0.3 is 0 Å². The van der Waals surface area contributed by atoms with Crippen molar-refractivity contribution in [3.63, 3.8) is 0 Å². The van der Waals surface area contributed by atoms with Gasteiger partial charge in [-0.25, -0.2) is 0 Å². The van der Waals surface area contributed by atoms with Gasteiger partial charge in [-0.1, -0.05) is 11.6 Å². The minimum absolute atomic E-state index is 0.152. The number of halogens is 2. The molecule has 1 aromatic rings. The minimum Gasteiger partial charge on any atom is -0.351 e. The maximum Gasteiger partial charge on any atom is 0.292 e. The first-order chi connectivity index (χ1) is 6.91. The minimum atomic E-state index is -0.984. The van der Waals surface area contributed by atoms with Crippen LogP contribution >= 0.6 is 11.6 Å². The Balaban J connectivity index is 2.59. The Labute approximate surface area is 91.1 Å². The van der Waals surface area contributed by atoms with Gasteiger partial charge in [-0.15, -0.1) is 0 Å². The highest BCUT2D eigenvalue weighted by Gasteiger charge is 2.27. The summed E-state index contributed by atoms with van der Waals surface area (Å²) in [6, 6.07) is 0. The molecule has 0 fully saturated rings. The lowest BCUT2D eigenvalue weighted by Crippen LogP contribution is -2.42. The molecular weight excluding hydrogens is 221 g/mol. The Morgan fingerprint density at radius 2 is 2.27 bits per heavy atom. The Morgan fingerprint density at radius 1 is 1.60 bits per heavy atom. The van der Waals surface area contributed by atoms with E-state index in [1.54, 1.807) is 0 Å². The lowest BCUT2D eigenvalue weighted by molar-refractivity contribution is 0.413. The lowest BCUT2D eigenvalue weighted by atomic mass is 9.99. The van der Waals surface area contributed by atoms with Gasteiger partial charge in [0.2, 0.25) is 11.8 Å². The molecule has 0 amide bonds. The first-order valence-electron chi connectivity index (χ1n) is 4.65. The summed E-state index contributed by atoms with van der Waals surface area (Å²) in [5.74, 6) is -0.649. The van der Waals surface area contributed by atoms with Gasteiger partial charge in [0.05, 0.1) is 0 Å². The topological polar surface area (TPSA) is 46.9 Å². The molecule has 4 nitrogen and oxygen atoms in total. The van der Waals surface area contributed by atoms with E-state index >= 15 is 0 Å². The van der Waals surface area contributed by atoms with Gasteiger partial charge < -0.3 is 5.32 Å². The Hall–Kier alpha value is -1.10. The van der Waals surface area contributed by atoms with Crippen LogP contribution in [-0.4, -0.2) is 15.1 Å². The van der Waals surface area contributed by atoms with Gasteiger partial charge in [-0.2, -0.15) is 9.37 Å². The van der Waals surface area contributed by atoms with Crippen LogP contribution in [0.25, 0.3) is 0 Å². The van der Waals surface area contributed by atoms with Crippen LogP contribution in [0.5, 0.6) is 0 Å². The van der Waals surface area contributed by atoms with Crippen LogP contribution in [0, 0.1) is 5.82 Å². The number of anilines is 1. The predicted molar refractivity (Wildman–Crippen MR) is 55.8 cm³/mol. The average Bonchev–Trinajstić information content (AvgIpc) is 2.12. The van der Waals surface area contributed by atoms with Crippen LogP contribution in [0.4, 0.5) is 10.3 Å². The van der Waals surface area contributed by atoms with Gasteiger partial charge in [0, 0.05) is 12.1 Å². The highest BCUT2D eigenvalue weighted by atomic mass is 35.5. The largest absolute Gasteiger partial charge is 0.351 e. The molecule has 82 valence electrons. The molecule has 0 radical (unpaired) electrons. The van der Waals surface area contributed by atoms with E-state index < -0.39 is 11.4 Å². The highest BCUT2D eigenvalue weighted by Crippen LogP contribution is 2.23. The molecule has 15 heavy (non-hydrogen) atoms. The molecule has 0 aromatic carbocycles. The number of hydrogen-bond donors (Lipinski definition) is 1. The van der Waals surface area contributed by atoms with Crippen LogP contribution in [-0.2, 0) is 6.54 Å². The summed E-state index contributed by atoms with van der Waals surface area (Å²) in [4.78, 5) is 15.3. The van der Waals surface area contributed by atoms with E-state index in [9.17, 15) is 9.18 Å². The third kappa shape index (κ3) is 1.71. The molecule has 0 saturated carbocycles. The zero-order chi connectivity index (χ0) is 11.2. The normalized spacial score (nSPS) is 18.1. The molecule has 0 unspecified atom stereocenters. The summed E-state index contributed by atoms with van der Waals surface area (Å²) >= 11 is 5.50. The molecular formula is C9H11ClFN3O. The van der Waals surface area contributed by atoms with E-state index in [0.29, 0.717) is 12.5 Å². The first-order valence-corrected chi connectivity index (χ1v) is 5.02. The van der Waals surface area contributed by atoms with Crippen molar-refractivity contribution >= 4 is 17.5 Å². The molecule has 2 heterocycles. The number of nitrogens with zero attached hydrogens (tertiary/aromatic N) is 2. The maximum absolute atomic E-state index is 13.2. The molecule has 2 rings (SSSR count). The van der Waals surface area contributed by atoms with Crippen molar-refractivity contribution < 1.29 is 4.39 Å². The van der Waals surface area contributed by atoms with Crippen molar-refractivity contribution in [3.8, 4) is 0 Å². The summed E-state index contributed by atoms with van der Waals surface area (Å²) < 4.78 is 14.4. The van der Waals surface area contributed by atoms with E-state index in [4.69, 9.17) is 11.6 Å². The van der Waals surface area contributed by atoms with Gasteiger partial charge in [0.25, 0.3) is 5.56 Å². The van der Waals surface area contributed by atoms with Gasteiger partial charge in [-0.05, 0) is 20.3 Å². The van der Waals surface area contributed by atoms with E-state index in [2.05, 4.69) is 10.3 Å². The molecule has 0 saturated heterocycles. The van der Waals surface area contributed by atoms with Crippen LogP contribution in [0.15, 0.2) is 4.79 Å². The number of hydrogen-bond acceptors (Lipinski definition) is 3. The summed E-state index contributed by atoms with van der Waals surface area (Å²) in [5.41, 5.74) is -0.867. The second-order valence-electron chi connectivity index (χ2n) is 4.26. The maximum atomic E-state index is 13.2. The van der Waals surface area contributed by atoms with Gasteiger partial charge in [0.15, 0.2) is 5.15 Å². The molecule has 1 aromatic heterocycles. The molecule has 0 bridgehead atoms. The summed E-state index contributed by atoms with van der Waals surface area (Å²) in [5, 5.41) is 2.67. The number of nitrogens with one attached hydrogen (secondary N) is 1. The quantitative estimate of drug-likeness (QED) is 0.691. The first kappa shape index (κ1) is 10.4. The fraction of sp³-hybridized carbons (Fsp3) is 0.556. The smallest absolute Gasteiger partial charge is 0.292 e. The molecule has 0 spiro atoms. The second kappa shape index (κ2) is 3.20. The van der Waals surface area contributed by atoms with Crippen LogP contribution in [0.1, 0.15) is 20.3 Å². The van der Waals surface area contributed by atoms with Crippen molar-refractivity contribution in [3.05, 3.63) is 21.3 Å². The number of aromatic nitrogens is 2. The van der Waals surface area contributed by atoms with Crippen molar-refractivity contribution in [2.75, 3.05) is 5.32 Å². The fourth-order valence-electron chi connectivity index (χ4n) is 1.56. The van der Waals surface area contributed by atoms with E-state index in [1.807, 2.05) is 13.8 Å². The van der Waals surface area contributed by atoms with Crippen molar-refractivity contribution in [2.24, 2.45) is 0 Å². The molecule has 1 aliphatic rings. The van der Waals surface area contributed by atoms with Gasteiger partial charge in [0.1, 0.15) is 0 Å². The fourth-order valence-corrected chi connectivity index (χ4v) is 1.73. The SMILES string of the molecule is CC1(C)CCn2c(nc(Cl)c(F)c2=O)N1. The third-order valence-electron chi connectivity index (χ3n) is 2.48. The Kier molecular flexibility index (Phi) is 2.22. The van der Waals surface area contributed by atoms with Crippen LogP contribution in [0.2, 0.25) is 5.15 Å². The van der Waals surface area contributed by atoms with Crippen LogP contribution < -0.4 is 10.9 Å². The van der Waals surface area contributed by atoms with Crippen LogP contribution in [0.3, 0.4) is 0 Å². The standard InChI is InChI=1S/C9H11ClFN3O/c1-9(2)3-4-14-7(15)5(11)6(10)12-8(14)13-9/h3-4H2,1-2H3,(H,12,13). The monoisotopic (exact) mass is 231 g/mol. The van der Waals surface area contributed by atoms with E-state index in [-0.39, 0.29) is 10.7 Å². The van der Waals surface area contributed by atoms with Gasteiger partial charge in [-0.3, -0.25) is 9.36 Å². The number of rotatable bonds is 0. The molecule has 0 atom stereocenters. The van der Waals surface area contributed by atoms with E-state index in [0.717, 1.165) is 6.42 Å².